The predicted molar refractivity (Wildman–Crippen MR) is 113 cm³/mol. The molecule has 0 atom stereocenters. The molecule has 0 unspecified atom stereocenters. The molecule has 1 fully saturated rings. The highest BCUT2D eigenvalue weighted by molar-refractivity contribution is 6.07. The van der Waals surface area contributed by atoms with Crippen molar-refractivity contribution in [2.24, 2.45) is 0 Å². The van der Waals surface area contributed by atoms with Gasteiger partial charge in [-0.25, -0.2) is 9.50 Å². The van der Waals surface area contributed by atoms with Crippen LogP contribution in [0.2, 0.25) is 0 Å². The van der Waals surface area contributed by atoms with Crippen LogP contribution in [-0.4, -0.2) is 47.8 Å². The van der Waals surface area contributed by atoms with E-state index in [4.69, 9.17) is 10.4 Å². The Kier molecular flexibility index (Phi) is 5.44. The van der Waals surface area contributed by atoms with Gasteiger partial charge in [0, 0.05) is 35.8 Å². The topological polar surface area (TPSA) is 104 Å². The zero-order chi connectivity index (χ0) is 20.4. The van der Waals surface area contributed by atoms with Gasteiger partial charge in [0.05, 0.1) is 47.6 Å². The van der Waals surface area contributed by atoms with Gasteiger partial charge in [-0.1, -0.05) is 13.8 Å². The third-order valence-corrected chi connectivity index (χ3v) is 5.62. The van der Waals surface area contributed by atoms with Gasteiger partial charge in [0.15, 0.2) is 0 Å². The maximum atomic E-state index is 9.45. The Hall–Kier alpha value is -3.00. The minimum Gasteiger partial charge on any atom is -0.393 e. The monoisotopic (exact) mass is 393 g/mol. The summed E-state index contributed by atoms with van der Waals surface area (Å²) in [5.41, 5.74) is 3.95. The summed E-state index contributed by atoms with van der Waals surface area (Å²) in [5, 5.41) is 29.5. The summed E-state index contributed by atoms with van der Waals surface area (Å²) in [5.74, 6) is 0. The zero-order valence-electron chi connectivity index (χ0n) is 16.8. The minimum absolute atomic E-state index is 0.221. The summed E-state index contributed by atoms with van der Waals surface area (Å²) in [6.07, 6.45) is 13.8. The summed E-state index contributed by atoms with van der Waals surface area (Å²) in [7, 11) is 0. The number of rotatable bonds is 8. The molecule has 1 aliphatic rings. The second-order valence-electron chi connectivity index (χ2n) is 7.55. The summed E-state index contributed by atoms with van der Waals surface area (Å²) in [6, 6.07) is 2.54. The highest BCUT2D eigenvalue weighted by Gasteiger charge is 2.26. The van der Waals surface area contributed by atoms with Crippen LogP contribution in [0, 0.1) is 5.41 Å². The van der Waals surface area contributed by atoms with Crippen molar-refractivity contribution in [2.45, 2.75) is 57.7 Å². The lowest BCUT2D eigenvalue weighted by molar-refractivity contribution is 0.0679. The van der Waals surface area contributed by atoms with E-state index in [1.54, 1.807) is 16.9 Å². The molecule has 0 saturated heterocycles. The molecular formula is C21H27N7O. The lowest BCUT2D eigenvalue weighted by atomic mass is 9.90. The lowest BCUT2D eigenvalue weighted by Gasteiger charge is -2.31. The number of aromatic nitrogens is 5. The third kappa shape index (κ3) is 3.80. The van der Waals surface area contributed by atoms with Crippen LogP contribution in [0.4, 0.5) is 0 Å². The maximum Gasteiger partial charge on any atom is 0.0999 e. The lowest BCUT2D eigenvalue weighted by Crippen LogP contribution is -2.41. The molecule has 0 aliphatic heterocycles. The van der Waals surface area contributed by atoms with Gasteiger partial charge in [-0.3, -0.25) is 4.68 Å². The Labute approximate surface area is 169 Å². The number of fused-ring (bicyclic) bond motifs is 1. The second-order valence-corrected chi connectivity index (χ2v) is 7.55. The largest absolute Gasteiger partial charge is 0.393 e. The normalized spacial score (nSPS) is 19.5. The van der Waals surface area contributed by atoms with E-state index in [-0.39, 0.29) is 12.1 Å². The second kappa shape index (κ2) is 8.16. The fraction of sp³-hybridized carbons (Fsp3) is 0.429. The van der Waals surface area contributed by atoms with Crippen molar-refractivity contribution in [3.8, 4) is 11.3 Å². The van der Waals surface area contributed by atoms with Crippen LogP contribution in [0.1, 0.15) is 51.3 Å². The van der Waals surface area contributed by atoms with Crippen molar-refractivity contribution in [2.75, 3.05) is 0 Å². The van der Waals surface area contributed by atoms with E-state index >= 15 is 0 Å². The molecule has 0 bridgehead atoms. The van der Waals surface area contributed by atoms with Crippen LogP contribution in [0.15, 0.2) is 37.1 Å². The highest BCUT2D eigenvalue weighted by Crippen LogP contribution is 2.26. The van der Waals surface area contributed by atoms with Crippen molar-refractivity contribution in [3.63, 3.8) is 0 Å². The zero-order valence-corrected chi connectivity index (χ0v) is 16.8. The molecule has 3 N–H and O–H groups in total. The fourth-order valence-electron chi connectivity index (χ4n) is 3.72. The number of aliphatic hydroxyl groups excluding tert-OH is 1. The van der Waals surface area contributed by atoms with E-state index in [0.717, 1.165) is 42.5 Å². The Balaban J connectivity index is 1.70. The smallest absolute Gasteiger partial charge is 0.0999 e. The molecule has 0 spiro atoms. The molecule has 3 aromatic rings. The first-order valence-corrected chi connectivity index (χ1v) is 10.2. The Morgan fingerprint density at radius 2 is 2.10 bits per heavy atom. The average Bonchev–Trinajstić information content (AvgIpc) is 3.37. The van der Waals surface area contributed by atoms with Crippen LogP contribution in [0.3, 0.4) is 0 Å². The van der Waals surface area contributed by atoms with Gasteiger partial charge in [0.1, 0.15) is 0 Å². The molecule has 8 nitrogen and oxygen atoms in total. The molecule has 29 heavy (non-hydrogen) atoms. The van der Waals surface area contributed by atoms with Gasteiger partial charge in [-0.05, 0) is 31.7 Å². The standard InChI is InChI=1S/C21H27N7O/c1-3-17(4-2)27-12-15(11-25-27)21-20-5-6-24-28(20)13-19(26-21)14(9-22)10-23-16-7-18(29)8-16/h5-6,9-13,16-18,22-23,29H,3-4,7-8H2,1-2H3/b14-10+,22-9?. The molecular weight excluding hydrogens is 366 g/mol. The Bertz CT molecular complexity index is 1020. The SMILES string of the molecule is CCC(CC)n1cc(-c2nc(/C(C=N)=C/NC3CC(O)C3)cn3nccc23)cn1. The van der Waals surface area contributed by atoms with E-state index in [1.165, 1.54) is 6.21 Å². The summed E-state index contributed by atoms with van der Waals surface area (Å²) in [4.78, 5) is 4.85. The molecule has 8 heteroatoms. The van der Waals surface area contributed by atoms with Crippen molar-refractivity contribution in [1.29, 1.82) is 5.41 Å². The van der Waals surface area contributed by atoms with Crippen LogP contribution in [0.5, 0.6) is 0 Å². The van der Waals surface area contributed by atoms with Crippen LogP contribution in [-0.2, 0) is 0 Å². The van der Waals surface area contributed by atoms with Gasteiger partial charge in [0.2, 0.25) is 0 Å². The van der Waals surface area contributed by atoms with Gasteiger partial charge >= 0.3 is 0 Å². The van der Waals surface area contributed by atoms with E-state index < -0.39 is 0 Å². The number of hydrogen-bond donors (Lipinski definition) is 3. The summed E-state index contributed by atoms with van der Waals surface area (Å²) >= 11 is 0. The quantitative estimate of drug-likeness (QED) is 0.510. The molecule has 0 amide bonds. The molecule has 3 heterocycles. The molecule has 152 valence electrons. The number of aliphatic hydroxyl groups is 1. The summed E-state index contributed by atoms with van der Waals surface area (Å²) < 4.78 is 3.80. The number of nitrogens with zero attached hydrogens (tertiary/aromatic N) is 5. The predicted octanol–water partition coefficient (Wildman–Crippen LogP) is 3.06. The molecule has 1 aliphatic carbocycles. The van der Waals surface area contributed by atoms with Crippen molar-refractivity contribution in [1.82, 2.24) is 29.7 Å². The van der Waals surface area contributed by atoms with Crippen molar-refractivity contribution in [3.05, 3.63) is 42.7 Å². The van der Waals surface area contributed by atoms with Crippen molar-refractivity contribution >= 4 is 17.3 Å². The number of allylic oxidation sites excluding steroid dienone is 1. The average molecular weight is 393 g/mol. The third-order valence-electron chi connectivity index (χ3n) is 5.62. The first-order chi connectivity index (χ1) is 14.1. The molecule has 3 aromatic heterocycles. The number of hydrogen-bond acceptors (Lipinski definition) is 6. The fourth-order valence-corrected chi connectivity index (χ4v) is 3.72. The molecule has 1 saturated carbocycles. The van der Waals surface area contributed by atoms with E-state index in [1.807, 2.05) is 29.3 Å². The van der Waals surface area contributed by atoms with Crippen molar-refractivity contribution < 1.29 is 5.11 Å². The summed E-state index contributed by atoms with van der Waals surface area (Å²) in [6.45, 7) is 4.33. The van der Waals surface area contributed by atoms with Crippen LogP contribution < -0.4 is 5.32 Å². The van der Waals surface area contributed by atoms with E-state index in [9.17, 15) is 5.11 Å². The minimum atomic E-state index is -0.221. The van der Waals surface area contributed by atoms with Gasteiger partial charge in [-0.2, -0.15) is 10.2 Å². The Morgan fingerprint density at radius 1 is 1.31 bits per heavy atom. The first kappa shape index (κ1) is 19.3. The van der Waals surface area contributed by atoms with Crippen LogP contribution in [0.25, 0.3) is 22.3 Å². The maximum absolute atomic E-state index is 9.45. The van der Waals surface area contributed by atoms with Gasteiger partial charge in [-0.15, -0.1) is 0 Å². The Morgan fingerprint density at radius 3 is 2.79 bits per heavy atom. The highest BCUT2D eigenvalue weighted by atomic mass is 16.3. The number of nitrogens with one attached hydrogen (secondary N) is 2. The molecule has 0 radical (unpaired) electrons. The first-order valence-electron chi connectivity index (χ1n) is 10.2. The van der Waals surface area contributed by atoms with Crippen LogP contribution >= 0.6 is 0 Å². The van der Waals surface area contributed by atoms with E-state index in [0.29, 0.717) is 17.3 Å². The van der Waals surface area contributed by atoms with Gasteiger partial charge in [0.25, 0.3) is 0 Å². The van der Waals surface area contributed by atoms with Gasteiger partial charge < -0.3 is 15.8 Å². The van der Waals surface area contributed by atoms with E-state index in [2.05, 4.69) is 29.4 Å². The molecule has 0 aromatic carbocycles. The molecule has 4 rings (SSSR count).